The van der Waals surface area contributed by atoms with Crippen LogP contribution in [0.15, 0.2) is 24.3 Å². The summed E-state index contributed by atoms with van der Waals surface area (Å²) in [5, 5.41) is 10.7. The van der Waals surface area contributed by atoms with Crippen molar-refractivity contribution in [2.75, 3.05) is 32.2 Å². The first-order chi connectivity index (χ1) is 13.6. The average molecular weight is 425 g/mol. The number of methoxy groups -OCH3 is 1. The van der Waals surface area contributed by atoms with E-state index in [1.165, 1.54) is 4.68 Å². The van der Waals surface area contributed by atoms with Gasteiger partial charge in [0.2, 0.25) is 5.91 Å². The Kier molecular flexibility index (Phi) is 7.18. The molecule has 0 spiro atoms. The van der Waals surface area contributed by atoms with E-state index in [0.29, 0.717) is 29.7 Å². The van der Waals surface area contributed by atoms with Crippen molar-refractivity contribution in [3.8, 4) is 5.75 Å². The highest BCUT2D eigenvalue weighted by Crippen LogP contribution is 2.34. The third-order valence-corrected chi connectivity index (χ3v) is 5.20. The second-order valence-electron chi connectivity index (χ2n) is 6.06. The molecule has 0 unspecified atom stereocenters. The molecular weight excluding hydrogens is 404 g/mol. The number of hydrogen-bond acceptors (Lipinski definition) is 6. The number of amides is 2. The maximum Gasteiger partial charge on any atom is 0.263 e. The minimum Gasteiger partial charge on any atom is -0.484 e. The number of thioether (sulfide) groups is 1. The average Bonchev–Trinajstić information content (AvgIpc) is 3.24. The van der Waals surface area contributed by atoms with E-state index < -0.39 is 0 Å². The molecular formula is C18H21ClN4O4S. The van der Waals surface area contributed by atoms with E-state index in [1.807, 2.05) is 0 Å². The van der Waals surface area contributed by atoms with Crippen LogP contribution in [0.4, 0.5) is 5.82 Å². The lowest BCUT2D eigenvalue weighted by molar-refractivity contribution is -0.122. The third-order valence-electron chi connectivity index (χ3n) is 3.98. The Balaban J connectivity index is 1.62. The van der Waals surface area contributed by atoms with Gasteiger partial charge >= 0.3 is 0 Å². The fourth-order valence-corrected chi connectivity index (χ4v) is 3.81. The molecule has 2 amide bonds. The molecule has 0 aliphatic carbocycles. The summed E-state index contributed by atoms with van der Waals surface area (Å²) in [5.41, 5.74) is 1.85. The zero-order chi connectivity index (χ0) is 19.9. The van der Waals surface area contributed by atoms with Gasteiger partial charge in [-0.05, 0) is 24.3 Å². The number of hydrogen-bond donors (Lipinski definition) is 2. The van der Waals surface area contributed by atoms with Crippen LogP contribution in [0.25, 0.3) is 0 Å². The van der Waals surface area contributed by atoms with Crippen molar-refractivity contribution in [2.45, 2.75) is 18.1 Å². The highest BCUT2D eigenvalue weighted by Gasteiger charge is 2.25. The van der Waals surface area contributed by atoms with Crippen molar-refractivity contribution in [3.05, 3.63) is 40.5 Å². The van der Waals surface area contributed by atoms with Crippen LogP contribution < -0.4 is 15.4 Å². The van der Waals surface area contributed by atoms with Gasteiger partial charge in [-0.2, -0.15) is 16.9 Å². The third kappa shape index (κ3) is 5.40. The number of carbonyl (C=O) groups excluding carboxylic acids is 2. The van der Waals surface area contributed by atoms with E-state index in [1.54, 1.807) is 43.1 Å². The van der Waals surface area contributed by atoms with Gasteiger partial charge in [-0.25, -0.2) is 4.68 Å². The summed E-state index contributed by atoms with van der Waals surface area (Å²) in [6, 6.07) is 6.77. The van der Waals surface area contributed by atoms with Gasteiger partial charge in [-0.15, -0.1) is 0 Å². The van der Waals surface area contributed by atoms with Gasteiger partial charge in [-0.1, -0.05) is 11.6 Å². The van der Waals surface area contributed by atoms with Crippen LogP contribution in [0.3, 0.4) is 0 Å². The molecule has 8 nitrogen and oxygen atoms in total. The summed E-state index contributed by atoms with van der Waals surface area (Å²) >= 11 is 7.55. The number of nitrogens with zero attached hydrogens (tertiary/aromatic N) is 2. The zero-order valence-corrected chi connectivity index (χ0v) is 16.9. The lowest BCUT2D eigenvalue weighted by Crippen LogP contribution is -2.31. The van der Waals surface area contributed by atoms with Crippen LogP contribution in [-0.2, 0) is 32.4 Å². The van der Waals surface area contributed by atoms with Crippen molar-refractivity contribution in [2.24, 2.45) is 0 Å². The smallest absolute Gasteiger partial charge is 0.263 e. The monoisotopic (exact) mass is 424 g/mol. The standard InChI is InChI=1S/C18H21ClN4O4S/c1-26-7-6-20-16(24)8-23-18(14-10-28-11-15(14)22-23)21-17(25)9-27-13-4-2-12(19)3-5-13/h2-5H,6-11H2,1H3,(H,20,24)(H,21,25). The molecule has 0 atom stereocenters. The fraction of sp³-hybridized carbons (Fsp3) is 0.389. The second kappa shape index (κ2) is 9.81. The molecule has 2 heterocycles. The minimum atomic E-state index is -0.324. The van der Waals surface area contributed by atoms with E-state index in [2.05, 4.69) is 15.7 Å². The van der Waals surface area contributed by atoms with Crippen LogP contribution >= 0.6 is 23.4 Å². The summed E-state index contributed by atoms with van der Waals surface area (Å²) in [7, 11) is 1.57. The van der Waals surface area contributed by atoms with Crippen molar-refractivity contribution >= 4 is 41.0 Å². The topological polar surface area (TPSA) is 94.5 Å². The van der Waals surface area contributed by atoms with E-state index in [9.17, 15) is 9.59 Å². The predicted molar refractivity (Wildman–Crippen MR) is 108 cm³/mol. The second-order valence-corrected chi connectivity index (χ2v) is 7.48. The fourth-order valence-electron chi connectivity index (χ4n) is 2.65. The largest absolute Gasteiger partial charge is 0.484 e. The summed E-state index contributed by atoms with van der Waals surface area (Å²) in [6.07, 6.45) is 0. The van der Waals surface area contributed by atoms with Gasteiger partial charge in [-0.3, -0.25) is 9.59 Å². The summed E-state index contributed by atoms with van der Waals surface area (Å²) < 4.78 is 11.9. The molecule has 150 valence electrons. The van der Waals surface area contributed by atoms with Crippen LogP contribution in [0, 0.1) is 0 Å². The number of fused-ring (bicyclic) bond motifs is 1. The molecule has 1 aromatic carbocycles. The van der Waals surface area contributed by atoms with Crippen molar-refractivity contribution in [1.82, 2.24) is 15.1 Å². The molecule has 0 saturated heterocycles. The quantitative estimate of drug-likeness (QED) is 0.598. The van der Waals surface area contributed by atoms with Crippen LogP contribution in [0.1, 0.15) is 11.3 Å². The molecule has 28 heavy (non-hydrogen) atoms. The predicted octanol–water partition coefficient (Wildman–Crippen LogP) is 2.06. The van der Waals surface area contributed by atoms with Crippen molar-refractivity contribution in [3.63, 3.8) is 0 Å². The zero-order valence-electron chi connectivity index (χ0n) is 15.4. The van der Waals surface area contributed by atoms with Crippen LogP contribution in [-0.4, -0.2) is 48.5 Å². The first kappa shape index (κ1) is 20.5. The number of benzene rings is 1. The Bertz CT molecular complexity index is 841. The van der Waals surface area contributed by atoms with Gasteiger partial charge in [0, 0.05) is 35.7 Å². The molecule has 2 N–H and O–H groups in total. The van der Waals surface area contributed by atoms with Gasteiger partial charge in [0.25, 0.3) is 5.91 Å². The number of nitrogens with one attached hydrogen (secondary N) is 2. The summed E-state index contributed by atoms with van der Waals surface area (Å²) in [4.78, 5) is 24.5. The van der Waals surface area contributed by atoms with E-state index in [4.69, 9.17) is 21.1 Å². The Morgan fingerprint density at radius 1 is 1.25 bits per heavy atom. The van der Waals surface area contributed by atoms with E-state index in [-0.39, 0.29) is 25.0 Å². The Labute approximate surface area is 171 Å². The first-order valence-corrected chi connectivity index (χ1v) is 10.2. The normalized spacial score (nSPS) is 12.5. The number of ether oxygens (including phenoxy) is 2. The molecule has 3 rings (SSSR count). The number of halogens is 1. The van der Waals surface area contributed by atoms with E-state index in [0.717, 1.165) is 22.8 Å². The lowest BCUT2D eigenvalue weighted by Gasteiger charge is -2.12. The number of carbonyl (C=O) groups is 2. The number of rotatable bonds is 9. The Hall–Kier alpha value is -2.23. The molecule has 10 heteroatoms. The van der Waals surface area contributed by atoms with Gasteiger partial charge in [0.15, 0.2) is 6.61 Å². The molecule has 0 radical (unpaired) electrons. The van der Waals surface area contributed by atoms with Gasteiger partial charge in [0.05, 0.1) is 12.3 Å². The summed E-state index contributed by atoms with van der Waals surface area (Å²) in [5.74, 6) is 2.08. The Morgan fingerprint density at radius 3 is 2.79 bits per heavy atom. The van der Waals surface area contributed by atoms with Crippen molar-refractivity contribution < 1.29 is 19.1 Å². The Morgan fingerprint density at radius 2 is 2.04 bits per heavy atom. The maximum absolute atomic E-state index is 12.4. The molecule has 1 aliphatic heterocycles. The molecule has 0 fully saturated rings. The molecule has 2 aromatic rings. The van der Waals surface area contributed by atoms with Gasteiger partial charge in [0.1, 0.15) is 18.1 Å². The van der Waals surface area contributed by atoms with Crippen LogP contribution in [0.5, 0.6) is 5.75 Å². The lowest BCUT2D eigenvalue weighted by atomic mass is 10.3. The molecule has 0 saturated carbocycles. The van der Waals surface area contributed by atoms with E-state index >= 15 is 0 Å². The van der Waals surface area contributed by atoms with Crippen LogP contribution in [0.2, 0.25) is 5.02 Å². The highest BCUT2D eigenvalue weighted by molar-refractivity contribution is 7.98. The molecule has 1 aromatic heterocycles. The summed E-state index contributed by atoms with van der Waals surface area (Å²) in [6.45, 7) is 0.718. The SMILES string of the molecule is COCCNC(=O)Cn1nc2c(c1NC(=O)COc1ccc(Cl)cc1)CSC2. The van der Waals surface area contributed by atoms with Gasteiger partial charge < -0.3 is 20.1 Å². The molecule has 1 aliphatic rings. The first-order valence-electron chi connectivity index (χ1n) is 8.67. The number of anilines is 1. The maximum atomic E-state index is 12.4. The van der Waals surface area contributed by atoms with Crippen molar-refractivity contribution in [1.29, 1.82) is 0 Å². The highest BCUT2D eigenvalue weighted by atomic mass is 35.5. The minimum absolute atomic E-state index is 0.0229. The number of aromatic nitrogens is 2. The molecule has 0 bridgehead atoms.